The van der Waals surface area contributed by atoms with Gasteiger partial charge in [0.15, 0.2) is 0 Å². The number of para-hydroxylation sites is 2. The highest BCUT2D eigenvalue weighted by molar-refractivity contribution is 6.51. The molecule has 0 aliphatic heterocycles. The Kier molecular flexibility index (Phi) is 21.9. The number of H-pyrrole nitrogens is 1. The van der Waals surface area contributed by atoms with Crippen molar-refractivity contribution in [3.8, 4) is 0 Å². The van der Waals surface area contributed by atoms with Crippen molar-refractivity contribution in [2.45, 2.75) is 13.3 Å². The van der Waals surface area contributed by atoms with Crippen LogP contribution in [0.25, 0.3) is 21.8 Å². The Balaban J connectivity index is -0.000000239. The minimum Gasteiger partial charge on any atom is -0.418 e. The number of aryl methyl sites for hydroxylation is 1. The summed E-state index contributed by atoms with van der Waals surface area (Å²) >= 11 is 0. The van der Waals surface area contributed by atoms with Crippen LogP contribution >= 0.6 is 0 Å². The molecular weight excluding hydrogens is 703 g/mol. The van der Waals surface area contributed by atoms with Crippen LogP contribution in [0.15, 0.2) is 42.5 Å². The van der Waals surface area contributed by atoms with Crippen LogP contribution in [0.5, 0.6) is 0 Å². The maximum absolute atomic E-state index is 9.75. The van der Waals surface area contributed by atoms with Crippen molar-refractivity contribution < 1.29 is 104 Å². The molecule has 2 aromatic carbocycles. The average Bonchev–Trinajstić information content (AvgIpc) is 3.05. The smallest absolute Gasteiger partial charge is 0.418 e. The molecule has 0 aliphatic carbocycles. The van der Waals surface area contributed by atoms with Crippen LogP contribution in [0.4, 0.5) is 104 Å². The summed E-state index contributed by atoms with van der Waals surface area (Å²) in [6.07, 6.45) is 1.07. The predicted octanol–water partition coefficient (Wildman–Crippen LogP) is 11.7. The van der Waals surface area contributed by atoms with Crippen LogP contribution < -0.4 is 0 Å². The molecule has 31 heteroatoms. The second kappa shape index (κ2) is 20.2. The maximum atomic E-state index is 9.75. The van der Waals surface area contributed by atoms with Crippen LogP contribution in [0.2, 0.25) is 0 Å². The van der Waals surface area contributed by atoms with Crippen LogP contribution in [0, 0.1) is 0 Å². The Morgan fingerprint density at radius 3 is 0.956 bits per heavy atom. The lowest BCUT2D eigenvalue weighted by atomic mass is 10.1. The number of fused-ring (bicyclic) bond motifs is 3. The topological polar surface area (TPSA) is 15.8 Å². The highest BCUT2D eigenvalue weighted by Gasteiger charge is 2.22. The van der Waals surface area contributed by atoms with E-state index >= 15 is 0 Å². The minimum atomic E-state index is -6.00. The molecule has 1 N–H and O–H groups in total. The quantitative estimate of drug-likeness (QED) is 0.191. The fourth-order valence-electron chi connectivity index (χ4n) is 2.23. The fraction of sp³-hybridized carbons (Fsp3) is 0.143. The molecule has 0 radical (unpaired) electrons. The van der Waals surface area contributed by atoms with E-state index in [0.717, 1.165) is 6.42 Å². The Morgan fingerprint density at radius 1 is 0.400 bits per heavy atom. The summed E-state index contributed by atoms with van der Waals surface area (Å²) in [5, 5.41) is 2.66. The molecule has 266 valence electrons. The van der Waals surface area contributed by atoms with E-state index in [1.807, 2.05) is 0 Å². The van der Waals surface area contributed by atoms with E-state index in [-0.39, 0.29) is 0 Å². The minimum absolute atomic E-state index is 1.07. The number of rotatable bonds is 1. The first-order valence-electron chi connectivity index (χ1n) is 10.6. The summed E-state index contributed by atoms with van der Waals surface area (Å²) in [4.78, 5) is 3.50. The molecule has 0 fully saturated rings. The molecule has 0 bridgehead atoms. The molecule has 0 aliphatic rings. The number of hydrogen-bond donors (Lipinski definition) is 1. The Hall–Kier alpha value is -3.05. The van der Waals surface area contributed by atoms with Crippen LogP contribution in [-0.4, -0.2) is 48.5 Å². The summed E-state index contributed by atoms with van der Waals surface area (Å²) in [7, 11) is -36.0. The van der Waals surface area contributed by atoms with Crippen molar-refractivity contribution in [3.05, 3.63) is 48.0 Å². The van der Waals surface area contributed by atoms with Crippen molar-refractivity contribution in [3.63, 3.8) is 0 Å². The first-order chi connectivity index (χ1) is 19.4. The van der Waals surface area contributed by atoms with Crippen molar-refractivity contribution >= 4 is 65.3 Å². The van der Waals surface area contributed by atoms with Gasteiger partial charge < -0.3 is 109 Å². The fourth-order valence-corrected chi connectivity index (χ4v) is 2.23. The Morgan fingerprint density at radius 2 is 0.667 bits per heavy atom. The van der Waals surface area contributed by atoms with E-state index in [1.165, 1.54) is 27.4 Å². The standard InChI is InChI=1S/C14H13N.6BF4/c1-2-10-6-5-8-12-11-7-3-4-9-13(11)15-14(10)12;6*2-1(3,4)5/h3-9,15H,2H2,1H3;;;;;;/q;6*-1. The van der Waals surface area contributed by atoms with E-state index in [1.54, 1.807) is 0 Å². The van der Waals surface area contributed by atoms with E-state index in [9.17, 15) is 104 Å². The molecule has 0 spiro atoms. The SMILES string of the molecule is CCc1cccc2c1[nH]c1ccccc12.F[B-](F)(F)F.F[B-](F)(F)F.F[B-](F)(F)F.F[B-](F)(F)F.F[B-](F)(F)F.F[B-](F)(F)F. The van der Waals surface area contributed by atoms with Gasteiger partial charge in [-0.1, -0.05) is 43.3 Å². The van der Waals surface area contributed by atoms with Crippen molar-refractivity contribution in [2.75, 3.05) is 0 Å². The number of aromatic amines is 1. The zero-order valence-electron chi connectivity index (χ0n) is 21.3. The highest BCUT2D eigenvalue weighted by atomic mass is 19.5. The van der Waals surface area contributed by atoms with Gasteiger partial charge in [0.2, 0.25) is 0 Å². The lowest BCUT2D eigenvalue weighted by Crippen LogP contribution is -2.02. The number of nitrogens with one attached hydrogen (secondary N) is 1. The third kappa shape index (κ3) is 60.9. The molecule has 0 unspecified atom stereocenters. The molecule has 1 nitrogen and oxygen atoms in total. The Labute approximate surface area is 236 Å². The van der Waals surface area contributed by atoms with Crippen LogP contribution in [0.1, 0.15) is 12.5 Å². The van der Waals surface area contributed by atoms with Gasteiger partial charge in [0.05, 0.1) is 0 Å². The normalized spacial score (nSPS) is 11.8. The van der Waals surface area contributed by atoms with Gasteiger partial charge in [-0.25, -0.2) is 0 Å². The summed E-state index contributed by atoms with van der Waals surface area (Å²) in [5.41, 5.74) is 3.92. The second-order valence-electron chi connectivity index (χ2n) is 6.83. The molecular formula is C14H13B6F24N-6. The highest BCUT2D eigenvalue weighted by Crippen LogP contribution is 2.27. The van der Waals surface area contributed by atoms with Crippen LogP contribution in [-0.2, 0) is 6.42 Å². The maximum Gasteiger partial charge on any atom is 0.673 e. The number of benzene rings is 2. The molecule has 1 heterocycles. The van der Waals surface area contributed by atoms with Gasteiger partial charge in [-0.15, -0.1) is 0 Å². The van der Waals surface area contributed by atoms with Gasteiger partial charge in [-0.2, -0.15) is 0 Å². The molecule has 0 saturated carbocycles. The predicted molar refractivity (Wildman–Crippen MR) is 126 cm³/mol. The van der Waals surface area contributed by atoms with E-state index in [2.05, 4.69) is 54.4 Å². The van der Waals surface area contributed by atoms with Crippen molar-refractivity contribution in [1.29, 1.82) is 0 Å². The van der Waals surface area contributed by atoms with E-state index in [0.29, 0.717) is 0 Å². The number of halogens is 24. The third-order valence-electron chi connectivity index (χ3n) is 3.01. The summed E-state index contributed by atoms with van der Waals surface area (Å²) in [6, 6.07) is 15.0. The zero-order chi connectivity index (χ0) is 37.3. The average molecular weight is 716 g/mol. The third-order valence-corrected chi connectivity index (χ3v) is 3.01. The second-order valence-corrected chi connectivity index (χ2v) is 6.83. The monoisotopic (exact) mass is 717 g/mol. The van der Waals surface area contributed by atoms with Gasteiger partial charge in [0.25, 0.3) is 0 Å². The molecule has 0 saturated heterocycles. The first-order valence-corrected chi connectivity index (χ1v) is 10.6. The van der Waals surface area contributed by atoms with Gasteiger partial charge in [0, 0.05) is 21.8 Å². The van der Waals surface area contributed by atoms with E-state index in [4.69, 9.17) is 0 Å². The molecule has 3 rings (SSSR count). The van der Waals surface area contributed by atoms with Gasteiger partial charge >= 0.3 is 43.5 Å². The van der Waals surface area contributed by atoms with E-state index < -0.39 is 43.5 Å². The van der Waals surface area contributed by atoms with Crippen molar-refractivity contribution in [1.82, 2.24) is 4.98 Å². The lowest BCUT2D eigenvalue weighted by Gasteiger charge is -1.97. The molecule has 3 aromatic rings. The Bertz CT molecular complexity index is 1050. The molecule has 0 amide bonds. The first kappa shape index (κ1) is 48.8. The van der Waals surface area contributed by atoms with Gasteiger partial charge in [0.1, 0.15) is 0 Å². The van der Waals surface area contributed by atoms with Crippen molar-refractivity contribution in [2.24, 2.45) is 0 Å². The number of hydrogen-bond acceptors (Lipinski definition) is 0. The largest absolute Gasteiger partial charge is 0.673 e. The van der Waals surface area contributed by atoms with Crippen LogP contribution in [0.3, 0.4) is 0 Å². The number of aromatic nitrogens is 1. The van der Waals surface area contributed by atoms with Gasteiger partial charge in [-0.3, -0.25) is 0 Å². The lowest BCUT2D eigenvalue weighted by molar-refractivity contribution is 0.366. The zero-order valence-corrected chi connectivity index (χ0v) is 21.3. The summed E-state index contributed by atoms with van der Waals surface area (Å²) < 4.78 is 234. The summed E-state index contributed by atoms with van der Waals surface area (Å²) in [5.74, 6) is 0. The van der Waals surface area contributed by atoms with Gasteiger partial charge in [-0.05, 0) is 18.1 Å². The summed E-state index contributed by atoms with van der Waals surface area (Å²) in [6.45, 7) is 2.19. The molecule has 1 aromatic heterocycles. The molecule has 45 heavy (non-hydrogen) atoms. The molecule has 0 atom stereocenters.